The SMILES string of the molecule is CCOCC(C(C)C)n1nnnc1CNC(C)(C)C. The van der Waals surface area contributed by atoms with Crippen LogP contribution in [-0.2, 0) is 11.3 Å². The van der Waals surface area contributed by atoms with Crippen LogP contribution in [0.1, 0.15) is 53.4 Å². The van der Waals surface area contributed by atoms with E-state index in [1.165, 1.54) is 0 Å². The molecule has 0 aliphatic carbocycles. The lowest BCUT2D eigenvalue weighted by Gasteiger charge is -2.24. The van der Waals surface area contributed by atoms with E-state index >= 15 is 0 Å². The summed E-state index contributed by atoms with van der Waals surface area (Å²) in [5.74, 6) is 1.27. The first kappa shape index (κ1) is 16.0. The van der Waals surface area contributed by atoms with Gasteiger partial charge in [-0.3, -0.25) is 0 Å². The van der Waals surface area contributed by atoms with Crippen LogP contribution < -0.4 is 5.32 Å². The summed E-state index contributed by atoms with van der Waals surface area (Å²) in [5.41, 5.74) is 0.0457. The fraction of sp³-hybridized carbons (Fsp3) is 0.923. The van der Waals surface area contributed by atoms with Crippen molar-refractivity contribution in [1.82, 2.24) is 25.5 Å². The summed E-state index contributed by atoms with van der Waals surface area (Å²) in [6.45, 7) is 14.7. The molecule has 1 heterocycles. The van der Waals surface area contributed by atoms with Gasteiger partial charge in [-0.15, -0.1) is 5.10 Å². The monoisotopic (exact) mass is 269 g/mol. The van der Waals surface area contributed by atoms with Gasteiger partial charge in [-0.25, -0.2) is 4.68 Å². The second-order valence-corrected chi connectivity index (χ2v) is 6.11. The third-order valence-electron chi connectivity index (χ3n) is 2.91. The van der Waals surface area contributed by atoms with Gasteiger partial charge in [0, 0.05) is 12.1 Å². The number of rotatable bonds is 7. The molecule has 1 N–H and O–H groups in total. The largest absolute Gasteiger partial charge is 0.380 e. The van der Waals surface area contributed by atoms with Crippen LogP contribution in [-0.4, -0.2) is 39.0 Å². The van der Waals surface area contributed by atoms with Crippen molar-refractivity contribution in [3.63, 3.8) is 0 Å². The molecule has 0 saturated carbocycles. The molecule has 1 aromatic rings. The predicted octanol–water partition coefficient (Wildman–Crippen LogP) is 1.79. The first-order valence-corrected chi connectivity index (χ1v) is 6.94. The van der Waals surface area contributed by atoms with Crippen LogP contribution >= 0.6 is 0 Å². The highest BCUT2D eigenvalue weighted by Crippen LogP contribution is 2.18. The Morgan fingerprint density at radius 1 is 1.32 bits per heavy atom. The first-order valence-electron chi connectivity index (χ1n) is 6.94. The molecule has 0 saturated heterocycles. The van der Waals surface area contributed by atoms with Crippen molar-refractivity contribution in [2.45, 2.75) is 59.7 Å². The highest BCUT2D eigenvalue weighted by Gasteiger charge is 2.21. The maximum absolute atomic E-state index is 5.54. The van der Waals surface area contributed by atoms with Gasteiger partial charge in [-0.05, 0) is 44.0 Å². The predicted molar refractivity (Wildman–Crippen MR) is 74.8 cm³/mol. The fourth-order valence-corrected chi connectivity index (χ4v) is 1.71. The standard InChI is InChI=1S/C13H27N5O/c1-7-19-9-11(10(2)3)18-12(15-16-17-18)8-14-13(4,5)6/h10-11,14H,7-9H2,1-6H3. The Morgan fingerprint density at radius 2 is 2.00 bits per heavy atom. The van der Waals surface area contributed by atoms with Crippen LogP contribution in [0.4, 0.5) is 0 Å². The number of nitrogens with zero attached hydrogens (tertiary/aromatic N) is 4. The number of hydrogen-bond donors (Lipinski definition) is 1. The quantitative estimate of drug-likeness (QED) is 0.817. The molecule has 0 aliphatic rings. The van der Waals surface area contributed by atoms with Crippen molar-refractivity contribution >= 4 is 0 Å². The average molecular weight is 269 g/mol. The minimum atomic E-state index is 0.0457. The third-order valence-corrected chi connectivity index (χ3v) is 2.91. The van der Waals surface area contributed by atoms with E-state index in [1.54, 1.807) is 0 Å². The van der Waals surface area contributed by atoms with E-state index in [4.69, 9.17) is 4.74 Å². The molecule has 19 heavy (non-hydrogen) atoms. The van der Waals surface area contributed by atoms with Gasteiger partial charge in [0.25, 0.3) is 0 Å². The van der Waals surface area contributed by atoms with Gasteiger partial charge >= 0.3 is 0 Å². The number of aromatic nitrogens is 4. The van der Waals surface area contributed by atoms with E-state index < -0.39 is 0 Å². The van der Waals surface area contributed by atoms with Crippen LogP contribution in [0, 0.1) is 5.92 Å². The van der Waals surface area contributed by atoms with Crippen LogP contribution in [0.15, 0.2) is 0 Å². The van der Waals surface area contributed by atoms with Crippen molar-refractivity contribution in [1.29, 1.82) is 0 Å². The van der Waals surface area contributed by atoms with Crippen LogP contribution in [0.25, 0.3) is 0 Å². The van der Waals surface area contributed by atoms with Gasteiger partial charge in [0.15, 0.2) is 5.82 Å². The van der Waals surface area contributed by atoms with Crippen LogP contribution in [0.2, 0.25) is 0 Å². The van der Waals surface area contributed by atoms with Crippen molar-refractivity contribution in [3.8, 4) is 0 Å². The number of ether oxygens (including phenoxy) is 1. The first-order chi connectivity index (χ1) is 8.85. The molecule has 0 spiro atoms. The topological polar surface area (TPSA) is 64.9 Å². The number of tetrazole rings is 1. The van der Waals surface area contributed by atoms with E-state index in [0.717, 1.165) is 5.82 Å². The Bertz CT molecular complexity index is 369. The summed E-state index contributed by atoms with van der Waals surface area (Å²) in [7, 11) is 0. The van der Waals surface area contributed by atoms with Crippen LogP contribution in [0.5, 0.6) is 0 Å². The van der Waals surface area contributed by atoms with Gasteiger partial charge < -0.3 is 10.1 Å². The maximum Gasteiger partial charge on any atom is 0.165 e. The molecule has 0 radical (unpaired) electrons. The molecule has 0 aromatic carbocycles. The molecular formula is C13H27N5O. The van der Waals surface area contributed by atoms with Gasteiger partial charge in [-0.2, -0.15) is 0 Å². The molecule has 0 bridgehead atoms. The summed E-state index contributed by atoms with van der Waals surface area (Å²) in [4.78, 5) is 0. The highest BCUT2D eigenvalue weighted by molar-refractivity contribution is 4.87. The number of hydrogen-bond acceptors (Lipinski definition) is 5. The van der Waals surface area contributed by atoms with Gasteiger partial charge in [0.1, 0.15) is 0 Å². The van der Waals surface area contributed by atoms with Crippen molar-refractivity contribution < 1.29 is 4.74 Å². The van der Waals surface area contributed by atoms with E-state index in [1.807, 2.05) is 11.6 Å². The second-order valence-electron chi connectivity index (χ2n) is 6.11. The summed E-state index contributed by atoms with van der Waals surface area (Å²) < 4.78 is 7.43. The van der Waals surface area contributed by atoms with Crippen LogP contribution in [0.3, 0.4) is 0 Å². The van der Waals surface area contributed by atoms with E-state index in [-0.39, 0.29) is 11.6 Å². The molecule has 0 amide bonds. The van der Waals surface area contributed by atoms with E-state index in [9.17, 15) is 0 Å². The van der Waals surface area contributed by atoms with Gasteiger partial charge in [0.05, 0.1) is 19.2 Å². The van der Waals surface area contributed by atoms with E-state index in [2.05, 4.69) is 55.5 Å². The minimum Gasteiger partial charge on any atom is -0.380 e. The molecule has 0 fully saturated rings. The number of nitrogens with one attached hydrogen (secondary N) is 1. The molecule has 110 valence electrons. The summed E-state index contributed by atoms with van der Waals surface area (Å²) in [5, 5.41) is 15.5. The Balaban J connectivity index is 2.77. The molecule has 6 heteroatoms. The Hall–Kier alpha value is -1.01. The zero-order valence-corrected chi connectivity index (χ0v) is 13.0. The summed E-state index contributed by atoms with van der Waals surface area (Å²) in [6, 6.07) is 0.173. The van der Waals surface area contributed by atoms with Crippen molar-refractivity contribution in [2.24, 2.45) is 5.92 Å². The average Bonchev–Trinajstić information content (AvgIpc) is 2.74. The molecular weight excluding hydrogens is 242 g/mol. The minimum absolute atomic E-state index is 0.0457. The van der Waals surface area contributed by atoms with Crippen molar-refractivity contribution in [2.75, 3.05) is 13.2 Å². The lowest BCUT2D eigenvalue weighted by Crippen LogP contribution is -2.36. The van der Waals surface area contributed by atoms with Gasteiger partial charge in [0.2, 0.25) is 0 Å². The normalized spacial score (nSPS) is 14.1. The Labute approximate surface area is 115 Å². The Morgan fingerprint density at radius 3 is 2.53 bits per heavy atom. The molecule has 1 aromatic heterocycles. The smallest absolute Gasteiger partial charge is 0.165 e. The zero-order valence-electron chi connectivity index (χ0n) is 13.0. The summed E-state index contributed by atoms with van der Waals surface area (Å²) >= 11 is 0. The molecule has 1 atom stereocenters. The highest BCUT2D eigenvalue weighted by atomic mass is 16.5. The molecule has 1 rings (SSSR count). The maximum atomic E-state index is 5.54. The lowest BCUT2D eigenvalue weighted by molar-refractivity contribution is 0.0889. The van der Waals surface area contributed by atoms with E-state index in [0.29, 0.717) is 25.7 Å². The molecule has 1 unspecified atom stereocenters. The fourth-order valence-electron chi connectivity index (χ4n) is 1.71. The zero-order chi connectivity index (χ0) is 14.5. The summed E-state index contributed by atoms with van der Waals surface area (Å²) in [6.07, 6.45) is 0. The van der Waals surface area contributed by atoms with Crippen molar-refractivity contribution in [3.05, 3.63) is 5.82 Å². The van der Waals surface area contributed by atoms with Gasteiger partial charge in [-0.1, -0.05) is 13.8 Å². The second kappa shape index (κ2) is 6.96. The molecule has 0 aliphatic heterocycles. The third kappa shape index (κ3) is 5.24. The Kier molecular flexibility index (Phi) is 5.87. The lowest BCUT2D eigenvalue weighted by atomic mass is 10.1. The molecule has 6 nitrogen and oxygen atoms in total.